The Morgan fingerprint density at radius 2 is 2.33 bits per heavy atom. The number of nitrogens with one attached hydrogen (secondary N) is 2. The Morgan fingerprint density at radius 3 is 3.00 bits per heavy atom. The van der Waals surface area contributed by atoms with Gasteiger partial charge >= 0.3 is 0 Å². The highest BCUT2D eigenvalue weighted by Gasteiger charge is 2.09. The fourth-order valence-electron chi connectivity index (χ4n) is 1.36. The van der Waals surface area contributed by atoms with E-state index in [1.54, 1.807) is 12.1 Å². The summed E-state index contributed by atoms with van der Waals surface area (Å²) in [5.74, 6) is -0.320. The number of carbonyl (C=O) groups excluding carboxylic acids is 1. The molecule has 1 aromatic carbocycles. The maximum absolute atomic E-state index is 11.5. The van der Waals surface area contributed by atoms with Crippen molar-refractivity contribution in [1.29, 1.82) is 0 Å². The topological polar surface area (TPSA) is 114 Å². The number of H-pyrrole nitrogens is 1. The fourth-order valence-corrected chi connectivity index (χ4v) is 1.36. The molecule has 1 aromatic heterocycles. The van der Waals surface area contributed by atoms with E-state index in [2.05, 4.69) is 20.5 Å². The van der Waals surface area contributed by atoms with Gasteiger partial charge in [0.15, 0.2) is 0 Å². The quantitative estimate of drug-likeness (QED) is 0.608. The molecule has 0 saturated carbocycles. The summed E-state index contributed by atoms with van der Waals surface area (Å²) in [5, 5.41) is 19.1. The van der Waals surface area contributed by atoms with Gasteiger partial charge in [0.25, 0.3) is 11.6 Å². The highest BCUT2D eigenvalue weighted by molar-refractivity contribution is 5.90. The maximum Gasteiger partial charge on any atom is 0.288 e. The molecular weight excluding hydrogens is 238 g/mol. The van der Waals surface area contributed by atoms with Crippen molar-refractivity contribution in [1.82, 2.24) is 20.5 Å². The van der Waals surface area contributed by atoms with Gasteiger partial charge in [0.2, 0.25) is 5.82 Å². The molecule has 0 saturated heterocycles. The fraction of sp³-hybridized carbons (Fsp3) is 0.100. The first-order chi connectivity index (χ1) is 8.66. The van der Waals surface area contributed by atoms with Crippen LogP contribution in [0.2, 0.25) is 0 Å². The molecule has 1 heterocycles. The number of nitro groups is 1. The Hall–Kier alpha value is -2.77. The first kappa shape index (κ1) is 11.7. The van der Waals surface area contributed by atoms with Crippen molar-refractivity contribution in [2.45, 2.75) is 6.54 Å². The molecule has 1 amide bonds. The Balaban J connectivity index is 2.00. The van der Waals surface area contributed by atoms with Crippen LogP contribution >= 0.6 is 0 Å². The number of nitro benzene ring substituents is 1. The second-order valence-corrected chi connectivity index (χ2v) is 3.44. The third-order valence-electron chi connectivity index (χ3n) is 2.20. The van der Waals surface area contributed by atoms with Gasteiger partial charge in [-0.05, 0) is 5.56 Å². The number of non-ortho nitro benzene ring substituents is 1. The molecule has 0 fully saturated rings. The molecule has 2 aromatic rings. The molecule has 2 rings (SSSR count). The van der Waals surface area contributed by atoms with Crippen molar-refractivity contribution in [2.24, 2.45) is 0 Å². The first-order valence-electron chi connectivity index (χ1n) is 5.03. The number of hydrogen-bond acceptors (Lipinski definition) is 5. The largest absolute Gasteiger partial charge is 0.345 e. The number of carbonyl (C=O) groups is 1. The highest BCUT2D eigenvalue weighted by atomic mass is 16.6. The van der Waals surface area contributed by atoms with Gasteiger partial charge in [-0.2, -0.15) is 5.10 Å². The van der Waals surface area contributed by atoms with Crippen LogP contribution in [0.25, 0.3) is 0 Å². The van der Waals surface area contributed by atoms with Gasteiger partial charge in [0, 0.05) is 18.7 Å². The summed E-state index contributed by atoms with van der Waals surface area (Å²) in [7, 11) is 0. The molecule has 92 valence electrons. The Kier molecular flexibility index (Phi) is 3.28. The van der Waals surface area contributed by atoms with Gasteiger partial charge in [-0.25, -0.2) is 4.98 Å². The van der Waals surface area contributed by atoms with E-state index in [0.717, 1.165) is 0 Å². The molecular formula is C10H9N5O3. The predicted molar refractivity (Wildman–Crippen MR) is 60.6 cm³/mol. The lowest BCUT2D eigenvalue weighted by atomic mass is 10.2. The third kappa shape index (κ3) is 2.67. The second-order valence-electron chi connectivity index (χ2n) is 3.44. The summed E-state index contributed by atoms with van der Waals surface area (Å²) in [6, 6.07) is 6.05. The SMILES string of the molecule is O=C(NCc1cccc([N+](=O)[O-])c1)c1ncn[nH]1. The van der Waals surface area contributed by atoms with E-state index >= 15 is 0 Å². The minimum absolute atomic E-state index is 0.0126. The monoisotopic (exact) mass is 247 g/mol. The standard InChI is InChI=1S/C10H9N5O3/c16-10(9-12-6-13-14-9)11-5-7-2-1-3-8(4-7)15(17)18/h1-4,6H,5H2,(H,11,16)(H,12,13,14). The van der Waals surface area contributed by atoms with E-state index in [9.17, 15) is 14.9 Å². The third-order valence-corrected chi connectivity index (χ3v) is 2.20. The van der Waals surface area contributed by atoms with Crippen molar-refractivity contribution in [3.63, 3.8) is 0 Å². The molecule has 8 heteroatoms. The number of amides is 1. The molecule has 0 spiro atoms. The van der Waals surface area contributed by atoms with Gasteiger partial charge in [0.05, 0.1) is 4.92 Å². The van der Waals surface area contributed by atoms with Gasteiger partial charge in [-0.1, -0.05) is 12.1 Å². The zero-order chi connectivity index (χ0) is 13.0. The minimum atomic E-state index is -0.484. The summed E-state index contributed by atoms with van der Waals surface area (Å²) in [6.45, 7) is 0.182. The number of benzene rings is 1. The lowest BCUT2D eigenvalue weighted by molar-refractivity contribution is -0.384. The summed E-state index contributed by atoms with van der Waals surface area (Å²) >= 11 is 0. The zero-order valence-corrected chi connectivity index (χ0v) is 9.16. The zero-order valence-electron chi connectivity index (χ0n) is 9.16. The van der Waals surface area contributed by atoms with Crippen molar-refractivity contribution in [3.8, 4) is 0 Å². The normalized spacial score (nSPS) is 10.0. The van der Waals surface area contributed by atoms with E-state index < -0.39 is 10.8 Å². The van der Waals surface area contributed by atoms with Crippen LogP contribution in [-0.2, 0) is 6.54 Å². The van der Waals surface area contributed by atoms with E-state index in [4.69, 9.17) is 0 Å². The van der Waals surface area contributed by atoms with Gasteiger partial charge < -0.3 is 5.32 Å². The van der Waals surface area contributed by atoms with Crippen molar-refractivity contribution < 1.29 is 9.72 Å². The highest BCUT2D eigenvalue weighted by Crippen LogP contribution is 2.12. The summed E-state index contributed by atoms with van der Waals surface area (Å²) in [5.41, 5.74) is 0.624. The molecule has 0 aliphatic rings. The molecule has 8 nitrogen and oxygen atoms in total. The van der Waals surface area contributed by atoms with Gasteiger partial charge in [0.1, 0.15) is 6.33 Å². The average molecular weight is 247 g/mol. The van der Waals surface area contributed by atoms with E-state index in [1.807, 2.05) is 0 Å². The molecule has 0 bridgehead atoms. The second kappa shape index (κ2) is 5.04. The van der Waals surface area contributed by atoms with Crippen LogP contribution in [0.3, 0.4) is 0 Å². The van der Waals surface area contributed by atoms with Crippen LogP contribution in [0.5, 0.6) is 0 Å². The minimum Gasteiger partial charge on any atom is -0.345 e. The van der Waals surface area contributed by atoms with Crippen LogP contribution in [0.15, 0.2) is 30.6 Å². The lowest BCUT2D eigenvalue weighted by Crippen LogP contribution is -2.24. The maximum atomic E-state index is 11.5. The van der Waals surface area contributed by atoms with Crippen LogP contribution in [0.4, 0.5) is 5.69 Å². The van der Waals surface area contributed by atoms with Crippen LogP contribution in [-0.4, -0.2) is 26.0 Å². The molecule has 18 heavy (non-hydrogen) atoms. The number of nitrogens with zero attached hydrogens (tertiary/aromatic N) is 3. The van der Waals surface area contributed by atoms with Gasteiger partial charge in [-0.15, -0.1) is 0 Å². The summed E-state index contributed by atoms with van der Waals surface area (Å²) in [6.07, 6.45) is 1.22. The van der Waals surface area contributed by atoms with Crippen LogP contribution in [0, 0.1) is 10.1 Å². The number of hydrogen-bond donors (Lipinski definition) is 2. The Morgan fingerprint density at radius 1 is 1.50 bits per heavy atom. The molecule has 0 atom stereocenters. The summed E-state index contributed by atoms with van der Waals surface area (Å²) < 4.78 is 0. The average Bonchev–Trinajstić information content (AvgIpc) is 2.90. The van der Waals surface area contributed by atoms with Crippen LogP contribution in [0.1, 0.15) is 16.2 Å². The van der Waals surface area contributed by atoms with Crippen LogP contribution < -0.4 is 5.32 Å². The van der Waals surface area contributed by atoms with E-state index in [-0.39, 0.29) is 18.1 Å². The number of rotatable bonds is 4. The van der Waals surface area contributed by atoms with Gasteiger partial charge in [-0.3, -0.25) is 20.0 Å². The smallest absolute Gasteiger partial charge is 0.288 e. The van der Waals surface area contributed by atoms with Crippen molar-refractivity contribution >= 4 is 11.6 Å². The predicted octanol–water partition coefficient (Wildman–Crippen LogP) is 0.643. The molecule has 0 radical (unpaired) electrons. The van der Waals surface area contributed by atoms with E-state index in [1.165, 1.54) is 18.5 Å². The van der Waals surface area contributed by atoms with Crippen molar-refractivity contribution in [3.05, 3.63) is 52.1 Å². The number of aromatic amines is 1. The molecule has 0 unspecified atom stereocenters. The van der Waals surface area contributed by atoms with Crippen molar-refractivity contribution in [2.75, 3.05) is 0 Å². The molecule has 2 N–H and O–H groups in total. The van der Waals surface area contributed by atoms with E-state index in [0.29, 0.717) is 5.56 Å². The Bertz CT molecular complexity index is 567. The first-order valence-corrected chi connectivity index (χ1v) is 5.03. The molecule has 0 aliphatic carbocycles. The summed E-state index contributed by atoms with van der Waals surface area (Å²) in [4.78, 5) is 25.3. The Labute approximate surface area is 101 Å². The lowest BCUT2D eigenvalue weighted by Gasteiger charge is -2.02. The number of aromatic nitrogens is 3. The molecule has 0 aliphatic heterocycles.